The average Bonchev–Trinajstić information content (AvgIpc) is 3.05. The molecule has 29 heavy (non-hydrogen) atoms. The lowest BCUT2D eigenvalue weighted by atomic mass is 10.1. The number of aromatic nitrogens is 2. The Kier molecular flexibility index (Phi) is 8.76. The Bertz CT molecular complexity index is 911. The van der Waals surface area contributed by atoms with Crippen molar-refractivity contribution in [3.8, 4) is 5.75 Å². The van der Waals surface area contributed by atoms with Gasteiger partial charge in [-0.15, -0.1) is 24.8 Å². The summed E-state index contributed by atoms with van der Waals surface area (Å²) in [6.45, 7) is 2.47. The third-order valence-electron chi connectivity index (χ3n) is 4.85. The molecule has 2 N–H and O–H groups in total. The fraction of sp³-hybridized carbons (Fsp3) is 0.333. The van der Waals surface area contributed by atoms with E-state index >= 15 is 0 Å². The molecule has 1 amide bonds. The van der Waals surface area contributed by atoms with E-state index in [1.165, 1.54) is 0 Å². The maximum absolute atomic E-state index is 12.6. The molecule has 8 heteroatoms. The number of halogens is 2. The molecule has 4 rings (SSSR count). The SMILES string of the molecule is Cl.Cl.O=C(Cn1c(COc2ccccc2)nc2ccccc21)NC1CCNCC1. The number of imidazole rings is 1. The molecule has 0 atom stereocenters. The molecule has 0 aliphatic carbocycles. The summed E-state index contributed by atoms with van der Waals surface area (Å²) in [6.07, 6.45) is 1.95. The third kappa shape index (κ3) is 5.85. The highest BCUT2D eigenvalue weighted by Gasteiger charge is 2.18. The van der Waals surface area contributed by atoms with E-state index in [9.17, 15) is 4.79 Å². The standard InChI is InChI=1S/C21H24N4O2.2ClH/c26-21(23-16-10-12-22-13-11-16)14-25-19-9-5-4-8-18(19)24-20(25)15-27-17-6-2-1-3-7-17;;/h1-9,16,22H,10-15H2,(H,23,26);2*1H. The van der Waals surface area contributed by atoms with Crippen LogP contribution in [0, 0.1) is 0 Å². The Morgan fingerprint density at radius 1 is 1.07 bits per heavy atom. The van der Waals surface area contributed by atoms with Gasteiger partial charge in [-0.3, -0.25) is 4.79 Å². The quantitative estimate of drug-likeness (QED) is 0.621. The summed E-state index contributed by atoms with van der Waals surface area (Å²) in [5, 5.41) is 6.47. The number of benzene rings is 2. The molecule has 0 radical (unpaired) electrons. The van der Waals surface area contributed by atoms with Gasteiger partial charge in [-0.25, -0.2) is 4.98 Å². The molecule has 0 saturated carbocycles. The molecule has 1 aromatic heterocycles. The summed E-state index contributed by atoms with van der Waals surface area (Å²) >= 11 is 0. The van der Waals surface area contributed by atoms with Gasteiger partial charge in [0.05, 0.1) is 11.0 Å². The predicted molar refractivity (Wildman–Crippen MR) is 119 cm³/mol. The van der Waals surface area contributed by atoms with Gasteiger partial charge in [-0.2, -0.15) is 0 Å². The summed E-state index contributed by atoms with van der Waals surface area (Å²) in [7, 11) is 0. The number of carbonyl (C=O) groups is 1. The lowest BCUT2D eigenvalue weighted by Gasteiger charge is -2.24. The molecule has 1 saturated heterocycles. The number of nitrogens with one attached hydrogen (secondary N) is 2. The Hall–Kier alpha value is -2.28. The van der Waals surface area contributed by atoms with Crippen LogP contribution >= 0.6 is 24.8 Å². The molecule has 0 bridgehead atoms. The molecule has 0 spiro atoms. The van der Waals surface area contributed by atoms with Crippen LogP contribution in [-0.2, 0) is 17.9 Å². The molecule has 1 fully saturated rings. The second kappa shape index (κ2) is 11.0. The van der Waals surface area contributed by atoms with E-state index in [1.807, 2.05) is 59.2 Å². The van der Waals surface area contributed by atoms with Crippen molar-refractivity contribution in [2.24, 2.45) is 0 Å². The molecule has 1 aliphatic rings. The zero-order valence-corrected chi connectivity index (χ0v) is 17.7. The second-order valence-corrected chi connectivity index (χ2v) is 6.80. The van der Waals surface area contributed by atoms with E-state index in [2.05, 4.69) is 15.6 Å². The van der Waals surface area contributed by atoms with Crippen molar-refractivity contribution >= 4 is 41.8 Å². The summed E-state index contributed by atoms with van der Waals surface area (Å²) in [6, 6.07) is 17.8. The van der Waals surface area contributed by atoms with Gasteiger partial charge in [0.15, 0.2) is 0 Å². The maximum atomic E-state index is 12.6. The minimum atomic E-state index is 0. The summed E-state index contributed by atoms with van der Waals surface area (Å²) in [5.41, 5.74) is 1.82. The lowest BCUT2D eigenvalue weighted by molar-refractivity contribution is -0.122. The van der Waals surface area contributed by atoms with Gasteiger partial charge >= 0.3 is 0 Å². The number of nitrogens with zero attached hydrogens (tertiary/aromatic N) is 2. The highest BCUT2D eigenvalue weighted by atomic mass is 35.5. The number of rotatable bonds is 6. The molecule has 6 nitrogen and oxygen atoms in total. The van der Waals surface area contributed by atoms with Crippen molar-refractivity contribution in [3.05, 3.63) is 60.4 Å². The number of amides is 1. The number of piperidine rings is 1. The van der Waals surface area contributed by atoms with Gasteiger partial charge < -0.3 is 19.9 Å². The Morgan fingerprint density at radius 3 is 2.52 bits per heavy atom. The first-order chi connectivity index (χ1) is 13.3. The molecule has 2 aromatic carbocycles. The zero-order chi connectivity index (χ0) is 18.5. The van der Waals surface area contributed by atoms with Crippen molar-refractivity contribution in [2.45, 2.75) is 32.0 Å². The van der Waals surface area contributed by atoms with Gasteiger partial charge in [-0.05, 0) is 50.2 Å². The van der Waals surface area contributed by atoms with Crippen LogP contribution in [0.25, 0.3) is 11.0 Å². The smallest absolute Gasteiger partial charge is 0.240 e. The van der Waals surface area contributed by atoms with Gasteiger partial charge in [0.2, 0.25) is 5.91 Å². The van der Waals surface area contributed by atoms with Gasteiger partial charge in [0, 0.05) is 6.04 Å². The summed E-state index contributed by atoms with van der Waals surface area (Å²) < 4.78 is 7.82. The minimum absolute atomic E-state index is 0. The maximum Gasteiger partial charge on any atom is 0.240 e. The Morgan fingerprint density at radius 2 is 1.76 bits per heavy atom. The van der Waals surface area contributed by atoms with E-state index in [1.54, 1.807) is 0 Å². The number of fused-ring (bicyclic) bond motifs is 1. The van der Waals surface area contributed by atoms with Crippen LogP contribution in [-0.4, -0.2) is 34.6 Å². The molecular weight excluding hydrogens is 411 g/mol. The van der Waals surface area contributed by atoms with Crippen molar-refractivity contribution in [1.29, 1.82) is 0 Å². The van der Waals surface area contributed by atoms with Crippen molar-refractivity contribution < 1.29 is 9.53 Å². The summed E-state index contributed by atoms with van der Waals surface area (Å²) in [5.74, 6) is 1.56. The van der Waals surface area contributed by atoms with Crippen LogP contribution in [0.5, 0.6) is 5.75 Å². The van der Waals surface area contributed by atoms with E-state index in [4.69, 9.17) is 4.74 Å². The fourth-order valence-electron chi connectivity index (χ4n) is 3.46. The minimum Gasteiger partial charge on any atom is -0.486 e. The van der Waals surface area contributed by atoms with Crippen LogP contribution in [0.2, 0.25) is 0 Å². The highest BCUT2D eigenvalue weighted by molar-refractivity contribution is 5.85. The normalized spacial score (nSPS) is 13.9. The molecular formula is C21H26Cl2N4O2. The largest absolute Gasteiger partial charge is 0.486 e. The highest BCUT2D eigenvalue weighted by Crippen LogP contribution is 2.18. The predicted octanol–water partition coefficient (Wildman–Crippen LogP) is 3.33. The van der Waals surface area contributed by atoms with E-state index < -0.39 is 0 Å². The molecule has 0 unspecified atom stereocenters. The van der Waals surface area contributed by atoms with Crippen molar-refractivity contribution in [3.63, 3.8) is 0 Å². The molecule has 3 aromatic rings. The van der Waals surface area contributed by atoms with E-state index in [0.29, 0.717) is 6.61 Å². The van der Waals surface area contributed by atoms with Crippen LogP contribution < -0.4 is 15.4 Å². The van der Waals surface area contributed by atoms with Crippen molar-refractivity contribution in [1.82, 2.24) is 20.2 Å². The van der Waals surface area contributed by atoms with Crippen LogP contribution in [0.1, 0.15) is 18.7 Å². The van der Waals surface area contributed by atoms with Crippen LogP contribution in [0.3, 0.4) is 0 Å². The first-order valence-corrected chi connectivity index (χ1v) is 9.41. The fourth-order valence-corrected chi connectivity index (χ4v) is 3.46. The Balaban J connectivity index is 0.00000150. The van der Waals surface area contributed by atoms with Gasteiger partial charge in [0.1, 0.15) is 24.7 Å². The second-order valence-electron chi connectivity index (χ2n) is 6.80. The molecule has 2 heterocycles. The van der Waals surface area contributed by atoms with Gasteiger partial charge in [-0.1, -0.05) is 30.3 Å². The summed E-state index contributed by atoms with van der Waals surface area (Å²) in [4.78, 5) is 17.3. The number of hydrogen-bond donors (Lipinski definition) is 2. The Labute approximate surface area is 182 Å². The van der Waals surface area contributed by atoms with E-state index in [-0.39, 0.29) is 43.3 Å². The topological polar surface area (TPSA) is 68.2 Å². The number of para-hydroxylation sites is 3. The van der Waals surface area contributed by atoms with Gasteiger partial charge in [0.25, 0.3) is 0 Å². The third-order valence-corrected chi connectivity index (χ3v) is 4.85. The monoisotopic (exact) mass is 436 g/mol. The lowest BCUT2D eigenvalue weighted by Crippen LogP contribution is -2.43. The molecule has 1 aliphatic heterocycles. The van der Waals surface area contributed by atoms with Crippen LogP contribution in [0.15, 0.2) is 54.6 Å². The number of hydrogen-bond acceptors (Lipinski definition) is 4. The van der Waals surface area contributed by atoms with Crippen molar-refractivity contribution in [2.75, 3.05) is 13.1 Å². The average molecular weight is 437 g/mol. The first-order valence-electron chi connectivity index (χ1n) is 9.41. The van der Waals surface area contributed by atoms with E-state index in [0.717, 1.165) is 48.5 Å². The number of ether oxygens (including phenoxy) is 1. The molecule has 156 valence electrons. The number of carbonyl (C=O) groups excluding carboxylic acids is 1. The van der Waals surface area contributed by atoms with Crippen LogP contribution in [0.4, 0.5) is 0 Å². The zero-order valence-electron chi connectivity index (χ0n) is 16.0. The first kappa shape index (κ1) is 23.0.